The molecule has 1 N–H and O–H groups in total. The van der Waals surface area contributed by atoms with Crippen molar-refractivity contribution in [2.75, 3.05) is 11.1 Å². The van der Waals surface area contributed by atoms with Gasteiger partial charge in [-0.3, -0.25) is 4.79 Å². The first kappa shape index (κ1) is 20.2. The number of hydrogen-bond acceptors (Lipinski definition) is 5. The number of hydrogen-bond donors (Lipinski definition) is 1. The van der Waals surface area contributed by atoms with Crippen LogP contribution in [0.3, 0.4) is 0 Å². The first-order chi connectivity index (χ1) is 14.1. The van der Waals surface area contributed by atoms with Crippen LogP contribution in [0.5, 0.6) is 0 Å². The number of nitrogens with one attached hydrogen (secondary N) is 1. The van der Waals surface area contributed by atoms with E-state index in [0.717, 1.165) is 16.8 Å². The van der Waals surface area contributed by atoms with Crippen LogP contribution < -0.4 is 5.32 Å². The molecule has 1 amide bonds. The molecule has 0 radical (unpaired) electrons. The number of rotatable bonds is 6. The molecule has 0 aliphatic rings. The first-order valence-electron chi connectivity index (χ1n) is 8.84. The summed E-state index contributed by atoms with van der Waals surface area (Å²) in [6, 6.07) is 13.2. The van der Waals surface area contributed by atoms with Crippen molar-refractivity contribution in [2.24, 2.45) is 0 Å². The highest BCUT2D eigenvalue weighted by atomic mass is 35.5. The Morgan fingerprint density at radius 3 is 2.83 bits per heavy atom. The van der Waals surface area contributed by atoms with Crippen molar-refractivity contribution < 1.29 is 4.79 Å². The number of thioether (sulfide) groups is 1. The summed E-state index contributed by atoms with van der Waals surface area (Å²) in [5.41, 5.74) is 1.59. The molecule has 0 saturated carbocycles. The quantitative estimate of drug-likeness (QED) is 0.345. The van der Waals surface area contributed by atoms with Crippen LogP contribution in [0.2, 0.25) is 10.0 Å². The van der Waals surface area contributed by atoms with Crippen LogP contribution in [0.25, 0.3) is 21.5 Å². The highest BCUT2D eigenvalue weighted by Crippen LogP contribution is 2.34. The van der Waals surface area contributed by atoms with E-state index >= 15 is 0 Å². The summed E-state index contributed by atoms with van der Waals surface area (Å²) in [5.74, 6) is 0.836. The number of aromatic nitrogens is 3. The van der Waals surface area contributed by atoms with E-state index in [-0.39, 0.29) is 11.7 Å². The topological polar surface area (TPSA) is 59.8 Å². The number of thiophene rings is 1. The molecular weight excluding hydrogens is 447 g/mol. The summed E-state index contributed by atoms with van der Waals surface area (Å²) >= 11 is 15.0. The largest absolute Gasteiger partial charge is 0.324 e. The van der Waals surface area contributed by atoms with Gasteiger partial charge in [-0.25, -0.2) is 0 Å². The molecule has 0 spiro atoms. The second-order valence-electron chi connectivity index (χ2n) is 6.16. The van der Waals surface area contributed by atoms with E-state index in [1.54, 1.807) is 29.5 Å². The minimum Gasteiger partial charge on any atom is -0.324 e. The number of carbonyl (C=O) groups excluding carboxylic acids is 1. The maximum absolute atomic E-state index is 12.4. The molecule has 0 fully saturated rings. The number of halogens is 2. The second kappa shape index (κ2) is 8.75. The summed E-state index contributed by atoms with van der Waals surface area (Å²) in [5, 5.41) is 16.4. The zero-order valence-electron chi connectivity index (χ0n) is 15.4. The van der Waals surface area contributed by atoms with Gasteiger partial charge in [-0.2, -0.15) is 0 Å². The Morgan fingerprint density at radius 1 is 1.21 bits per heavy atom. The lowest BCUT2D eigenvalue weighted by Crippen LogP contribution is -2.15. The van der Waals surface area contributed by atoms with Gasteiger partial charge >= 0.3 is 0 Å². The highest BCUT2D eigenvalue weighted by molar-refractivity contribution is 7.99. The van der Waals surface area contributed by atoms with Crippen molar-refractivity contribution in [3.63, 3.8) is 0 Å². The van der Waals surface area contributed by atoms with Crippen molar-refractivity contribution in [2.45, 2.75) is 18.6 Å². The molecule has 0 aliphatic carbocycles. The Morgan fingerprint density at radius 2 is 2.03 bits per heavy atom. The van der Waals surface area contributed by atoms with Crippen molar-refractivity contribution in [3.05, 3.63) is 57.9 Å². The smallest absolute Gasteiger partial charge is 0.234 e. The SMILES string of the molecule is CCn1c(SCC(=O)Nc2ccc(Cl)cc2Cl)nnc1-c1csc2ccccc12. The zero-order chi connectivity index (χ0) is 20.4. The number of fused-ring (bicyclic) bond motifs is 1. The number of amides is 1. The number of anilines is 1. The maximum atomic E-state index is 12.4. The standard InChI is InChI=1S/C20H16Cl2N4OS2/c1-2-26-19(14-10-28-17-6-4-3-5-13(14)17)24-25-20(26)29-11-18(27)23-16-8-7-12(21)9-15(16)22/h3-10H,2,11H2,1H3,(H,23,27). The van der Waals surface area contributed by atoms with E-state index in [1.807, 2.05) is 23.6 Å². The van der Waals surface area contributed by atoms with Gasteiger partial charge in [0.15, 0.2) is 11.0 Å². The molecule has 2 aromatic carbocycles. The third kappa shape index (κ3) is 4.28. The van der Waals surface area contributed by atoms with Gasteiger partial charge in [0.1, 0.15) is 0 Å². The first-order valence-corrected chi connectivity index (χ1v) is 11.5. The van der Waals surface area contributed by atoms with Crippen LogP contribution in [0.1, 0.15) is 6.92 Å². The normalized spacial score (nSPS) is 11.1. The highest BCUT2D eigenvalue weighted by Gasteiger charge is 2.17. The minimum absolute atomic E-state index is 0.174. The molecule has 0 atom stereocenters. The van der Waals surface area contributed by atoms with Crippen LogP contribution in [-0.2, 0) is 11.3 Å². The van der Waals surface area contributed by atoms with Crippen LogP contribution in [0.15, 0.2) is 53.0 Å². The van der Waals surface area contributed by atoms with E-state index < -0.39 is 0 Å². The van der Waals surface area contributed by atoms with Crippen molar-refractivity contribution in [1.82, 2.24) is 14.8 Å². The summed E-state index contributed by atoms with van der Waals surface area (Å²) in [7, 11) is 0. The van der Waals surface area contributed by atoms with Crippen LogP contribution in [-0.4, -0.2) is 26.4 Å². The third-order valence-corrected chi connectivity index (χ3v) is 6.77. The summed E-state index contributed by atoms with van der Waals surface area (Å²) in [4.78, 5) is 12.4. The summed E-state index contributed by atoms with van der Waals surface area (Å²) in [6.45, 7) is 2.75. The molecule has 9 heteroatoms. The molecule has 29 heavy (non-hydrogen) atoms. The van der Waals surface area contributed by atoms with Crippen molar-refractivity contribution in [1.29, 1.82) is 0 Å². The average molecular weight is 463 g/mol. The van der Waals surface area contributed by atoms with Crippen LogP contribution >= 0.6 is 46.3 Å². The predicted molar refractivity (Wildman–Crippen MR) is 122 cm³/mol. The van der Waals surface area contributed by atoms with Crippen LogP contribution in [0, 0.1) is 0 Å². The fourth-order valence-corrected chi connectivity index (χ4v) is 5.14. The molecule has 0 saturated heterocycles. The number of carbonyl (C=O) groups is 1. The van der Waals surface area contributed by atoms with Crippen LogP contribution in [0.4, 0.5) is 5.69 Å². The Bertz CT molecular complexity index is 1190. The van der Waals surface area contributed by atoms with E-state index in [4.69, 9.17) is 23.2 Å². The summed E-state index contributed by atoms with van der Waals surface area (Å²) < 4.78 is 3.24. The zero-order valence-corrected chi connectivity index (χ0v) is 18.5. The van der Waals surface area contributed by atoms with Gasteiger partial charge in [-0.15, -0.1) is 21.5 Å². The van der Waals surface area contributed by atoms with Crippen molar-refractivity contribution in [3.8, 4) is 11.4 Å². The Balaban J connectivity index is 1.50. The average Bonchev–Trinajstić information content (AvgIpc) is 3.31. The fraction of sp³-hybridized carbons (Fsp3) is 0.150. The molecule has 4 aromatic rings. The second-order valence-corrected chi connectivity index (χ2v) is 8.85. The van der Waals surface area contributed by atoms with Gasteiger partial charge in [-0.05, 0) is 31.2 Å². The van der Waals surface area contributed by atoms with Crippen molar-refractivity contribution >= 4 is 68.0 Å². The van der Waals surface area contributed by atoms with Gasteiger partial charge in [0, 0.05) is 32.6 Å². The molecule has 2 heterocycles. The van der Waals surface area contributed by atoms with Gasteiger partial charge in [0.2, 0.25) is 5.91 Å². The molecule has 2 aromatic heterocycles. The molecule has 0 unspecified atom stereocenters. The third-order valence-electron chi connectivity index (χ3n) is 4.29. The predicted octanol–water partition coefficient (Wildman–Crippen LogP) is 6.22. The van der Waals surface area contributed by atoms with E-state index in [1.165, 1.54) is 16.5 Å². The van der Waals surface area contributed by atoms with Gasteiger partial charge < -0.3 is 9.88 Å². The molecule has 0 aliphatic heterocycles. The van der Waals surface area contributed by atoms with Gasteiger partial charge in [0.25, 0.3) is 0 Å². The Kier molecular flexibility index (Phi) is 6.10. The van der Waals surface area contributed by atoms with Gasteiger partial charge in [0.05, 0.1) is 16.5 Å². The Hall–Kier alpha value is -2.06. The number of nitrogens with zero attached hydrogens (tertiary/aromatic N) is 3. The monoisotopic (exact) mass is 462 g/mol. The minimum atomic E-state index is -0.174. The molecule has 148 valence electrons. The Labute approximate surface area is 186 Å². The van der Waals surface area contributed by atoms with Gasteiger partial charge in [-0.1, -0.05) is 53.2 Å². The fourth-order valence-electron chi connectivity index (χ4n) is 2.94. The maximum Gasteiger partial charge on any atom is 0.234 e. The molecule has 5 nitrogen and oxygen atoms in total. The molecule has 4 rings (SSSR count). The van der Waals surface area contributed by atoms with E-state index in [2.05, 4.69) is 33.0 Å². The lowest BCUT2D eigenvalue weighted by atomic mass is 10.1. The van der Waals surface area contributed by atoms with E-state index in [0.29, 0.717) is 27.4 Å². The lowest BCUT2D eigenvalue weighted by Gasteiger charge is -2.08. The molecular formula is C20H16Cl2N4OS2. The summed E-state index contributed by atoms with van der Waals surface area (Å²) in [6.07, 6.45) is 0. The molecule has 0 bridgehead atoms. The number of benzene rings is 2. The van der Waals surface area contributed by atoms with E-state index in [9.17, 15) is 4.79 Å². The lowest BCUT2D eigenvalue weighted by molar-refractivity contribution is -0.113.